The van der Waals surface area contributed by atoms with Crippen LogP contribution in [0.4, 0.5) is 0 Å². The van der Waals surface area contributed by atoms with Crippen molar-refractivity contribution in [3.8, 4) is 0 Å². The number of fused-ring (bicyclic) bond motifs is 2. The number of hydrogen-bond acceptors (Lipinski definition) is 2. The predicted octanol–water partition coefficient (Wildman–Crippen LogP) is 4.05. The minimum absolute atomic E-state index is 0.0112. The molecule has 144 valence electrons. The molecule has 0 atom stereocenters. The molecule has 1 aromatic heterocycles. The van der Waals surface area contributed by atoms with Gasteiger partial charge in [-0.05, 0) is 78.1 Å². The third-order valence-electron chi connectivity index (χ3n) is 6.47. The molecule has 2 aliphatic rings. The zero-order valence-electron chi connectivity index (χ0n) is 16.2. The van der Waals surface area contributed by atoms with Gasteiger partial charge in [-0.1, -0.05) is 18.6 Å². The predicted molar refractivity (Wildman–Crippen MR) is 113 cm³/mol. The number of carbonyl (C=O) groups excluding carboxylic acids is 1. The molecule has 4 heteroatoms. The van der Waals surface area contributed by atoms with Gasteiger partial charge in [-0.15, -0.1) is 0 Å². The van der Waals surface area contributed by atoms with Crippen LogP contribution in [0.15, 0.2) is 48.7 Å². The van der Waals surface area contributed by atoms with Crippen LogP contribution in [0.2, 0.25) is 0 Å². The lowest BCUT2D eigenvalue weighted by Crippen LogP contribution is -2.41. The molecule has 28 heavy (non-hydrogen) atoms. The van der Waals surface area contributed by atoms with Crippen molar-refractivity contribution in [3.05, 3.63) is 70.9 Å². The molecule has 0 radical (unpaired) electrons. The van der Waals surface area contributed by atoms with Gasteiger partial charge < -0.3 is 10.3 Å². The zero-order valence-corrected chi connectivity index (χ0v) is 16.2. The first-order chi connectivity index (χ1) is 13.8. The van der Waals surface area contributed by atoms with Crippen molar-refractivity contribution in [2.45, 2.75) is 44.7 Å². The van der Waals surface area contributed by atoms with Crippen LogP contribution < -0.4 is 5.32 Å². The summed E-state index contributed by atoms with van der Waals surface area (Å²) in [5, 5.41) is 4.25. The molecule has 4 nitrogen and oxygen atoms in total. The summed E-state index contributed by atoms with van der Waals surface area (Å²) in [5.74, 6) is 0.0112. The molecule has 0 saturated heterocycles. The van der Waals surface area contributed by atoms with Gasteiger partial charge in [-0.2, -0.15) is 0 Å². The van der Waals surface area contributed by atoms with E-state index in [1.165, 1.54) is 35.8 Å². The molecule has 2 aromatic carbocycles. The second-order valence-corrected chi connectivity index (χ2v) is 8.19. The van der Waals surface area contributed by atoms with E-state index in [9.17, 15) is 4.79 Å². The molecular formula is C24H27N3O. The number of carbonyl (C=O) groups is 1. The molecule has 0 bridgehead atoms. The average molecular weight is 374 g/mol. The molecule has 0 spiro atoms. The highest BCUT2D eigenvalue weighted by atomic mass is 16.1. The SMILES string of the molecule is O=C(NCc1ccc2[nH]ccc2c1)c1ccc2c(c1)CCN(C1CCC1)CC2. The second kappa shape index (κ2) is 7.44. The third-order valence-corrected chi connectivity index (χ3v) is 6.47. The first-order valence-electron chi connectivity index (χ1n) is 10.5. The summed E-state index contributed by atoms with van der Waals surface area (Å²) in [7, 11) is 0. The highest BCUT2D eigenvalue weighted by molar-refractivity contribution is 5.94. The van der Waals surface area contributed by atoms with Gasteiger partial charge in [0.2, 0.25) is 0 Å². The summed E-state index contributed by atoms with van der Waals surface area (Å²) in [6, 6.07) is 15.4. The summed E-state index contributed by atoms with van der Waals surface area (Å²) < 4.78 is 0. The molecule has 1 fully saturated rings. The van der Waals surface area contributed by atoms with Gasteiger partial charge in [0.25, 0.3) is 5.91 Å². The molecule has 2 N–H and O–H groups in total. The van der Waals surface area contributed by atoms with E-state index >= 15 is 0 Å². The topological polar surface area (TPSA) is 48.1 Å². The molecular weight excluding hydrogens is 346 g/mol. The van der Waals surface area contributed by atoms with Gasteiger partial charge in [0.05, 0.1) is 0 Å². The molecule has 5 rings (SSSR count). The summed E-state index contributed by atoms with van der Waals surface area (Å²) in [5.41, 5.74) is 5.78. The number of aromatic amines is 1. The average Bonchev–Trinajstić information content (AvgIpc) is 3.05. The van der Waals surface area contributed by atoms with Crippen LogP contribution in [-0.2, 0) is 19.4 Å². The summed E-state index contributed by atoms with van der Waals surface area (Å²) in [4.78, 5) is 18.6. The van der Waals surface area contributed by atoms with Crippen LogP contribution >= 0.6 is 0 Å². The zero-order chi connectivity index (χ0) is 18.9. The van der Waals surface area contributed by atoms with Gasteiger partial charge in [0, 0.05) is 43.0 Å². The standard InChI is InChI=1S/C24H27N3O/c28-24(26-16-17-4-7-23-20(14-17)8-11-25-23)21-6-5-18-9-12-27(22-2-1-3-22)13-10-19(18)15-21/h4-8,11,14-15,22,25H,1-3,9-10,12-13,16H2,(H,26,28). The fraction of sp³-hybridized carbons (Fsp3) is 0.375. The van der Waals surface area contributed by atoms with E-state index in [-0.39, 0.29) is 5.91 Å². The molecule has 1 amide bonds. The van der Waals surface area contributed by atoms with Crippen molar-refractivity contribution in [1.82, 2.24) is 15.2 Å². The highest BCUT2D eigenvalue weighted by Gasteiger charge is 2.26. The van der Waals surface area contributed by atoms with Crippen LogP contribution in [0.1, 0.15) is 46.3 Å². The second-order valence-electron chi connectivity index (χ2n) is 8.19. The smallest absolute Gasteiger partial charge is 0.251 e. The van der Waals surface area contributed by atoms with Gasteiger partial charge in [-0.25, -0.2) is 0 Å². The fourth-order valence-electron chi connectivity index (χ4n) is 4.50. The number of aromatic nitrogens is 1. The summed E-state index contributed by atoms with van der Waals surface area (Å²) in [6.07, 6.45) is 8.20. The number of rotatable bonds is 4. The van der Waals surface area contributed by atoms with E-state index < -0.39 is 0 Å². The molecule has 1 aliphatic heterocycles. The lowest BCUT2D eigenvalue weighted by Gasteiger charge is -2.36. The number of hydrogen-bond donors (Lipinski definition) is 2. The fourth-order valence-corrected chi connectivity index (χ4v) is 4.50. The van der Waals surface area contributed by atoms with Crippen molar-refractivity contribution >= 4 is 16.8 Å². The summed E-state index contributed by atoms with van der Waals surface area (Å²) in [6.45, 7) is 2.83. The van der Waals surface area contributed by atoms with Crippen molar-refractivity contribution in [2.75, 3.05) is 13.1 Å². The minimum atomic E-state index is 0.0112. The number of H-pyrrole nitrogens is 1. The van der Waals surface area contributed by atoms with Crippen molar-refractivity contribution in [1.29, 1.82) is 0 Å². The van der Waals surface area contributed by atoms with Crippen LogP contribution in [0.3, 0.4) is 0 Å². The number of benzene rings is 2. The first kappa shape index (κ1) is 17.5. The third kappa shape index (κ3) is 3.45. The molecule has 2 heterocycles. The van der Waals surface area contributed by atoms with E-state index in [1.54, 1.807) is 0 Å². The largest absolute Gasteiger partial charge is 0.361 e. The number of nitrogens with one attached hydrogen (secondary N) is 2. The Morgan fingerprint density at radius 2 is 1.89 bits per heavy atom. The Balaban J connectivity index is 1.25. The number of amides is 1. The van der Waals surface area contributed by atoms with Crippen LogP contribution in [-0.4, -0.2) is 34.9 Å². The Labute approximate surface area is 165 Å². The molecule has 3 aromatic rings. The van der Waals surface area contributed by atoms with Gasteiger partial charge >= 0.3 is 0 Å². The van der Waals surface area contributed by atoms with E-state index in [4.69, 9.17) is 0 Å². The van der Waals surface area contributed by atoms with Crippen LogP contribution in [0.5, 0.6) is 0 Å². The Kier molecular flexibility index (Phi) is 4.65. The Hall–Kier alpha value is -2.59. The number of nitrogens with zero attached hydrogens (tertiary/aromatic N) is 1. The maximum Gasteiger partial charge on any atom is 0.251 e. The van der Waals surface area contributed by atoms with E-state index in [2.05, 4.69) is 51.6 Å². The molecule has 0 unspecified atom stereocenters. The van der Waals surface area contributed by atoms with Gasteiger partial charge in [-0.3, -0.25) is 9.69 Å². The maximum atomic E-state index is 12.7. The van der Waals surface area contributed by atoms with E-state index in [0.717, 1.165) is 48.6 Å². The van der Waals surface area contributed by atoms with Crippen molar-refractivity contribution in [3.63, 3.8) is 0 Å². The van der Waals surface area contributed by atoms with Gasteiger partial charge in [0.1, 0.15) is 0 Å². The first-order valence-corrected chi connectivity index (χ1v) is 10.5. The maximum absolute atomic E-state index is 12.7. The quantitative estimate of drug-likeness (QED) is 0.725. The Morgan fingerprint density at radius 1 is 1.04 bits per heavy atom. The Morgan fingerprint density at radius 3 is 2.71 bits per heavy atom. The lowest BCUT2D eigenvalue weighted by atomic mass is 9.91. The monoisotopic (exact) mass is 373 g/mol. The van der Waals surface area contributed by atoms with E-state index in [1.807, 2.05) is 12.3 Å². The molecule has 1 saturated carbocycles. The lowest BCUT2D eigenvalue weighted by molar-refractivity contribution is 0.0951. The highest BCUT2D eigenvalue weighted by Crippen LogP contribution is 2.27. The van der Waals surface area contributed by atoms with E-state index in [0.29, 0.717) is 6.54 Å². The van der Waals surface area contributed by atoms with Crippen LogP contribution in [0, 0.1) is 0 Å². The normalized spacial score (nSPS) is 17.7. The Bertz CT molecular complexity index is 1000. The van der Waals surface area contributed by atoms with Crippen LogP contribution in [0.25, 0.3) is 10.9 Å². The van der Waals surface area contributed by atoms with Crippen molar-refractivity contribution in [2.24, 2.45) is 0 Å². The van der Waals surface area contributed by atoms with Gasteiger partial charge in [0.15, 0.2) is 0 Å². The minimum Gasteiger partial charge on any atom is -0.361 e. The summed E-state index contributed by atoms with van der Waals surface area (Å²) >= 11 is 0. The molecule has 1 aliphatic carbocycles. The van der Waals surface area contributed by atoms with Crippen molar-refractivity contribution < 1.29 is 4.79 Å².